The topological polar surface area (TPSA) is 27.7 Å². The third kappa shape index (κ3) is 4.54. The minimum Gasteiger partial charge on any atom is -0.381 e. The second-order valence-corrected chi connectivity index (χ2v) is 5.27. The lowest BCUT2D eigenvalue weighted by Gasteiger charge is -2.32. The summed E-state index contributed by atoms with van der Waals surface area (Å²) >= 11 is 0. The van der Waals surface area contributed by atoms with Crippen LogP contribution in [0.3, 0.4) is 0 Å². The third-order valence-electron chi connectivity index (χ3n) is 4.02. The van der Waals surface area contributed by atoms with Crippen LogP contribution in [0.15, 0.2) is 0 Å². The normalized spacial score (nSPS) is 25.1. The molecule has 2 rings (SSSR count). The number of rotatable bonds is 4. The van der Waals surface area contributed by atoms with Crippen LogP contribution in [0, 0.1) is 0 Å². The number of nitrogens with one attached hydrogen (secondary N) is 1. The number of nitrogens with zero attached hydrogens (tertiary/aromatic N) is 2. The van der Waals surface area contributed by atoms with E-state index in [1.54, 1.807) is 0 Å². The molecular weight excluding hydrogens is 214 g/mol. The Morgan fingerprint density at radius 2 is 2.06 bits per heavy atom. The van der Waals surface area contributed by atoms with E-state index in [-0.39, 0.29) is 0 Å². The Labute approximate surface area is 105 Å². The molecule has 4 nitrogen and oxygen atoms in total. The van der Waals surface area contributed by atoms with Crippen molar-refractivity contribution in [1.29, 1.82) is 0 Å². The lowest BCUT2D eigenvalue weighted by atomic mass is 10.1. The molecule has 0 atom stereocenters. The predicted octanol–water partition coefficient (Wildman–Crippen LogP) is 0.393. The number of likely N-dealkylation sites (N-methyl/N-ethyl adjacent to an activating group) is 1. The monoisotopic (exact) mass is 241 g/mol. The summed E-state index contributed by atoms with van der Waals surface area (Å²) in [6.45, 7) is 9.12. The van der Waals surface area contributed by atoms with Gasteiger partial charge in [0.1, 0.15) is 0 Å². The molecule has 0 saturated carbocycles. The molecule has 0 bridgehead atoms. The van der Waals surface area contributed by atoms with Gasteiger partial charge in [-0.1, -0.05) is 0 Å². The maximum absolute atomic E-state index is 5.42. The zero-order valence-electron chi connectivity index (χ0n) is 11.2. The molecule has 0 aromatic rings. The smallest absolute Gasteiger partial charge is 0.0480 e. The van der Waals surface area contributed by atoms with Gasteiger partial charge in [-0.05, 0) is 39.4 Å². The second kappa shape index (κ2) is 7.31. The number of hydrogen-bond acceptors (Lipinski definition) is 4. The SMILES string of the molecule is CN(CCN1CCCNCC1)C1CCOCC1. The van der Waals surface area contributed by atoms with Crippen LogP contribution in [0.25, 0.3) is 0 Å². The molecule has 17 heavy (non-hydrogen) atoms. The van der Waals surface area contributed by atoms with Crippen LogP contribution in [0.4, 0.5) is 0 Å². The molecule has 2 aliphatic rings. The summed E-state index contributed by atoms with van der Waals surface area (Å²) < 4.78 is 5.42. The van der Waals surface area contributed by atoms with E-state index in [0.29, 0.717) is 0 Å². The molecule has 2 saturated heterocycles. The Balaban J connectivity index is 1.65. The molecule has 0 aliphatic carbocycles. The van der Waals surface area contributed by atoms with Gasteiger partial charge in [-0.2, -0.15) is 0 Å². The summed E-state index contributed by atoms with van der Waals surface area (Å²) in [4.78, 5) is 5.12. The first-order valence-corrected chi connectivity index (χ1v) is 7.07. The van der Waals surface area contributed by atoms with Crippen molar-refractivity contribution in [3.63, 3.8) is 0 Å². The molecule has 2 fully saturated rings. The van der Waals surface area contributed by atoms with E-state index in [1.165, 1.54) is 52.0 Å². The van der Waals surface area contributed by atoms with Gasteiger partial charge in [0, 0.05) is 45.4 Å². The van der Waals surface area contributed by atoms with Crippen molar-refractivity contribution in [3.05, 3.63) is 0 Å². The summed E-state index contributed by atoms with van der Waals surface area (Å²) in [7, 11) is 2.27. The van der Waals surface area contributed by atoms with Crippen molar-refractivity contribution in [2.24, 2.45) is 0 Å². The lowest BCUT2D eigenvalue weighted by Crippen LogP contribution is -2.42. The first-order chi connectivity index (χ1) is 8.36. The molecule has 0 amide bonds. The minimum atomic E-state index is 0.744. The fourth-order valence-electron chi connectivity index (χ4n) is 2.73. The highest BCUT2D eigenvalue weighted by Crippen LogP contribution is 2.12. The Bertz CT molecular complexity index is 199. The average molecular weight is 241 g/mol. The Hall–Kier alpha value is -0.160. The molecule has 1 N–H and O–H groups in total. The predicted molar refractivity (Wildman–Crippen MR) is 70.4 cm³/mol. The highest BCUT2D eigenvalue weighted by Gasteiger charge is 2.18. The number of ether oxygens (including phenoxy) is 1. The van der Waals surface area contributed by atoms with E-state index in [4.69, 9.17) is 4.74 Å². The largest absolute Gasteiger partial charge is 0.381 e. The van der Waals surface area contributed by atoms with Crippen LogP contribution >= 0.6 is 0 Å². The lowest BCUT2D eigenvalue weighted by molar-refractivity contribution is 0.0402. The highest BCUT2D eigenvalue weighted by molar-refractivity contribution is 4.74. The number of hydrogen-bond donors (Lipinski definition) is 1. The maximum atomic E-state index is 5.42. The van der Waals surface area contributed by atoms with E-state index in [9.17, 15) is 0 Å². The molecule has 0 unspecified atom stereocenters. The van der Waals surface area contributed by atoms with Gasteiger partial charge in [0.15, 0.2) is 0 Å². The Kier molecular flexibility index (Phi) is 5.71. The van der Waals surface area contributed by atoms with Crippen molar-refractivity contribution in [3.8, 4) is 0 Å². The second-order valence-electron chi connectivity index (χ2n) is 5.27. The summed E-state index contributed by atoms with van der Waals surface area (Å²) in [6.07, 6.45) is 3.71. The van der Waals surface area contributed by atoms with E-state index in [2.05, 4.69) is 22.2 Å². The minimum absolute atomic E-state index is 0.744. The van der Waals surface area contributed by atoms with E-state index in [0.717, 1.165) is 25.8 Å². The first-order valence-electron chi connectivity index (χ1n) is 7.07. The fourth-order valence-corrected chi connectivity index (χ4v) is 2.73. The summed E-state index contributed by atoms with van der Waals surface area (Å²) in [5.41, 5.74) is 0. The molecule has 2 aliphatic heterocycles. The van der Waals surface area contributed by atoms with E-state index < -0.39 is 0 Å². The van der Waals surface area contributed by atoms with Gasteiger partial charge in [0.05, 0.1) is 0 Å². The molecule has 0 aromatic heterocycles. The molecule has 100 valence electrons. The first kappa shape index (κ1) is 13.3. The molecule has 2 heterocycles. The zero-order valence-corrected chi connectivity index (χ0v) is 11.2. The van der Waals surface area contributed by atoms with E-state index in [1.807, 2.05) is 0 Å². The Morgan fingerprint density at radius 3 is 2.88 bits per heavy atom. The Morgan fingerprint density at radius 1 is 1.24 bits per heavy atom. The van der Waals surface area contributed by atoms with Crippen LogP contribution in [0.2, 0.25) is 0 Å². The fraction of sp³-hybridized carbons (Fsp3) is 1.00. The summed E-state index contributed by atoms with van der Waals surface area (Å²) in [5, 5.41) is 3.46. The molecule has 4 heteroatoms. The van der Waals surface area contributed by atoms with Crippen LogP contribution in [0.1, 0.15) is 19.3 Å². The average Bonchev–Trinajstić information content (AvgIpc) is 2.65. The van der Waals surface area contributed by atoms with Crippen LogP contribution in [0.5, 0.6) is 0 Å². The summed E-state index contributed by atoms with van der Waals surface area (Å²) in [5.74, 6) is 0. The highest BCUT2D eigenvalue weighted by atomic mass is 16.5. The van der Waals surface area contributed by atoms with Crippen molar-refractivity contribution in [2.45, 2.75) is 25.3 Å². The van der Waals surface area contributed by atoms with Gasteiger partial charge in [0.25, 0.3) is 0 Å². The quantitative estimate of drug-likeness (QED) is 0.771. The van der Waals surface area contributed by atoms with Crippen molar-refractivity contribution in [1.82, 2.24) is 15.1 Å². The van der Waals surface area contributed by atoms with Gasteiger partial charge in [-0.15, -0.1) is 0 Å². The van der Waals surface area contributed by atoms with Crippen molar-refractivity contribution < 1.29 is 4.74 Å². The molecule has 0 radical (unpaired) electrons. The van der Waals surface area contributed by atoms with E-state index >= 15 is 0 Å². The summed E-state index contributed by atoms with van der Waals surface area (Å²) in [6, 6.07) is 0.744. The van der Waals surface area contributed by atoms with Gasteiger partial charge in [-0.3, -0.25) is 0 Å². The molecule has 0 spiro atoms. The maximum Gasteiger partial charge on any atom is 0.0480 e. The van der Waals surface area contributed by atoms with Crippen molar-refractivity contribution in [2.75, 3.05) is 59.5 Å². The van der Waals surface area contributed by atoms with Gasteiger partial charge >= 0.3 is 0 Å². The van der Waals surface area contributed by atoms with Gasteiger partial charge in [-0.25, -0.2) is 0 Å². The van der Waals surface area contributed by atoms with Crippen LogP contribution < -0.4 is 5.32 Å². The van der Waals surface area contributed by atoms with Gasteiger partial charge < -0.3 is 19.9 Å². The third-order valence-corrected chi connectivity index (χ3v) is 4.02. The van der Waals surface area contributed by atoms with Crippen LogP contribution in [-0.4, -0.2) is 75.4 Å². The molecule has 0 aromatic carbocycles. The standard InChI is InChI=1S/C13H27N3O/c1-15(13-3-11-17-12-4-13)9-10-16-7-2-5-14-6-8-16/h13-14H,2-12H2,1H3. The molecular formula is C13H27N3O. The van der Waals surface area contributed by atoms with Gasteiger partial charge in [0.2, 0.25) is 0 Å². The zero-order chi connectivity index (χ0) is 11.9. The van der Waals surface area contributed by atoms with Crippen LogP contribution in [-0.2, 0) is 4.74 Å². The van der Waals surface area contributed by atoms with Crippen molar-refractivity contribution >= 4 is 0 Å².